The van der Waals surface area contributed by atoms with Crippen molar-refractivity contribution >= 4 is 11.8 Å². The minimum absolute atomic E-state index is 0.0556. The van der Waals surface area contributed by atoms with Crippen molar-refractivity contribution in [2.45, 2.75) is 80.9 Å². The molecule has 1 atom stereocenters. The van der Waals surface area contributed by atoms with Crippen LogP contribution in [0.3, 0.4) is 0 Å². The molecular weight excluding hydrogens is 294 g/mol. The Hall–Kier alpha value is -1.24. The van der Waals surface area contributed by atoms with E-state index in [1.54, 1.807) is 0 Å². The number of rotatable bonds is 3. The van der Waals surface area contributed by atoms with Gasteiger partial charge in [-0.1, -0.05) is 12.8 Å². The van der Waals surface area contributed by atoms with Crippen molar-refractivity contribution in [2.75, 3.05) is 0 Å². The highest BCUT2D eigenvalue weighted by molar-refractivity contribution is 5.86. The Morgan fingerprint density at radius 3 is 2.41 bits per heavy atom. The Morgan fingerprint density at radius 1 is 1.23 bits per heavy atom. The first-order valence-electron chi connectivity index (χ1n) is 8.01. The quantitative estimate of drug-likeness (QED) is 0.733. The maximum Gasteiger partial charge on any atom is 0.352 e. The van der Waals surface area contributed by atoms with Crippen LogP contribution in [-0.4, -0.2) is 40.0 Å². The maximum absolute atomic E-state index is 14.4. The summed E-state index contributed by atoms with van der Waals surface area (Å²) in [7, 11) is 0. The van der Waals surface area contributed by atoms with Gasteiger partial charge in [-0.3, -0.25) is 9.59 Å². The summed E-state index contributed by atoms with van der Waals surface area (Å²) in [6.07, 6.45) is 3.78. The number of piperidine rings is 1. The summed E-state index contributed by atoms with van der Waals surface area (Å²) in [5.41, 5.74) is -2.80. The number of nitrogens with one attached hydrogen (secondary N) is 2. The van der Waals surface area contributed by atoms with Crippen molar-refractivity contribution < 1.29 is 23.5 Å². The molecule has 1 heterocycles. The van der Waals surface area contributed by atoms with Crippen molar-refractivity contribution in [3.05, 3.63) is 0 Å². The molecule has 1 aliphatic heterocycles. The predicted molar refractivity (Wildman–Crippen MR) is 74.3 cm³/mol. The average Bonchev–Trinajstić information content (AvgIpc) is 2.87. The van der Waals surface area contributed by atoms with Crippen LogP contribution in [0.2, 0.25) is 0 Å². The molecule has 0 aromatic heterocycles. The molecule has 2 aliphatic carbocycles. The van der Waals surface area contributed by atoms with Crippen molar-refractivity contribution in [1.82, 2.24) is 10.6 Å². The van der Waals surface area contributed by atoms with E-state index in [0.717, 1.165) is 6.42 Å². The maximum atomic E-state index is 14.4. The van der Waals surface area contributed by atoms with Gasteiger partial charge in [0.05, 0.1) is 11.6 Å². The molecule has 7 heteroatoms. The van der Waals surface area contributed by atoms with Crippen LogP contribution in [0.4, 0.5) is 8.78 Å². The Bertz CT molecular complexity index is 485. The smallest absolute Gasteiger partial charge is 0.352 e. The van der Waals surface area contributed by atoms with E-state index in [1.807, 2.05) is 0 Å². The lowest BCUT2D eigenvalue weighted by molar-refractivity contribution is -0.192. The fraction of sp³-hybridized carbons (Fsp3) is 0.867. The average molecular weight is 316 g/mol. The van der Waals surface area contributed by atoms with Gasteiger partial charge in [0.15, 0.2) is 0 Å². The van der Waals surface area contributed by atoms with Gasteiger partial charge in [0, 0.05) is 6.42 Å². The highest BCUT2D eigenvalue weighted by Gasteiger charge is 2.60. The molecule has 1 spiro atoms. The second-order valence-corrected chi connectivity index (χ2v) is 6.94. The molecule has 0 aromatic rings. The number of carbonyl (C=O) groups excluding carboxylic acids is 2. The van der Waals surface area contributed by atoms with Gasteiger partial charge in [-0.15, -0.1) is 0 Å². The Labute approximate surface area is 127 Å². The van der Waals surface area contributed by atoms with Gasteiger partial charge in [-0.2, -0.15) is 8.78 Å². The summed E-state index contributed by atoms with van der Waals surface area (Å²) in [5, 5.41) is 15.3. The highest BCUT2D eigenvalue weighted by atomic mass is 19.3. The molecule has 1 unspecified atom stereocenters. The van der Waals surface area contributed by atoms with Crippen molar-refractivity contribution in [2.24, 2.45) is 0 Å². The van der Waals surface area contributed by atoms with Gasteiger partial charge in [-0.05, 0) is 38.5 Å². The van der Waals surface area contributed by atoms with Crippen molar-refractivity contribution in [3.63, 3.8) is 0 Å². The van der Waals surface area contributed by atoms with Crippen LogP contribution in [-0.2, 0) is 9.59 Å². The van der Waals surface area contributed by atoms with E-state index in [0.29, 0.717) is 32.1 Å². The summed E-state index contributed by atoms with van der Waals surface area (Å²) in [6, 6.07) is -0.484. The second kappa shape index (κ2) is 5.15. The standard InChI is InChI=1S/C15H22F2N2O3/c16-15(17,14(22)8-1-2-9-14)12(21)18-10-4-5-11(20)19-13(10)6-3-7-13/h10,22H,1-9H2,(H,18,21)(H,19,20). The Balaban J connectivity index is 1.72. The minimum Gasteiger partial charge on any atom is -0.383 e. The van der Waals surface area contributed by atoms with Gasteiger partial charge in [0.1, 0.15) is 5.60 Å². The normalized spacial score (nSPS) is 29.8. The van der Waals surface area contributed by atoms with E-state index in [1.165, 1.54) is 0 Å². The molecule has 2 amide bonds. The van der Waals surface area contributed by atoms with Crippen LogP contribution in [0.1, 0.15) is 57.8 Å². The number of halogens is 2. The molecule has 3 N–H and O–H groups in total. The van der Waals surface area contributed by atoms with Crippen LogP contribution in [0, 0.1) is 0 Å². The molecule has 5 nitrogen and oxygen atoms in total. The largest absolute Gasteiger partial charge is 0.383 e. The van der Waals surface area contributed by atoms with Gasteiger partial charge >= 0.3 is 5.92 Å². The zero-order valence-electron chi connectivity index (χ0n) is 12.5. The van der Waals surface area contributed by atoms with Crippen LogP contribution in [0.5, 0.6) is 0 Å². The highest BCUT2D eigenvalue weighted by Crippen LogP contribution is 2.43. The van der Waals surface area contributed by atoms with Gasteiger partial charge < -0.3 is 15.7 Å². The molecule has 22 heavy (non-hydrogen) atoms. The first-order chi connectivity index (χ1) is 10.3. The first-order valence-corrected chi connectivity index (χ1v) is 8.01. The van der Waals surface area contributed by atoms with Crippen LogP contribution in [0.15, 0.2) is 0 Å². The van der Waals surface area contributed by atoms with Crippen LogP contribution >= 0.6 is 0 Å². The molecule has 2 saturated carbocycles. The third kappa shape index (κ3) is 2.30. The lowest BCUT2D eigenvalue weighted by atomic mass is 9.68. The molecular formula is C15H22F2N2O3. The van der Waals surface area contributed by atoms with E-state index in [-0.39, 0.29) is 25.2 Å². The van der Waals surface area contributed by atoms with E-state index in [4.69, 9.17) is 0 Å². The third-order valence-corrected chi connectivity index (χ3v) is 5.57. The summed E-state index contributed by atoms with van der Waals surface area (Å²) in [5.74, 6) is -5.30. The molecule has 3 aliphatic rings. The van der Waals surface area contributed by atoms with E-state index < -0.39 is 29.0 Å². The number of hydrogen-bond acceptors (Lipinski definition) is 3. The van der Waals surface area contributed by atoms with Crippen LogP contribution in [0.25, 0.3) is 0 Å². The topological polar surface area (TPSA) is 78.4 Å². The van der Waals surface area contributed by atoms with Gasteiger partial charge in [-0.25, -0.2) is 0 Å². The predicted octanol–water partition coefficient (Wildman–Crippen LogP) is 1.24. The fourth-order valence-corrected chi connectivity index (χ4v) is 3.95. The molecule has 0 bridgehead atoms. The van der Waals surface area contributed by atoms with E-state index in [9.17, 15) is 23.5 Å². The first kappa shape index (κ1) is 15.6. The zero-order chi connectivity index (χ0) is 16.0. The third-order valence-electron chi connectivity index (χ3n) is 5.57. The van der Waals surface area contributed by atoms with Gasteiger partial charge in [0.2, 0.25) is 5.91 Å². The number of aliphatic hydroxyl groups is 1. The Kier molecular flexibility index (Phi) is 3.66. The number of hydrogen-bond donors (Lipinski definition) is 3. The summed E-state index contributed by atoms with van der Waals surface area (Å²) in [4.78, 5) is 23.6. The Morgan fingerprint density at radius 2 is 1.86 bits per heavy atom. The van der Waals surface area contributed by atoms with E-state index in [2.05, 4.69) is 10.6 Å². The summed E-state index contributed by atoms with van der Waals surface area (Å²) < 4.78 is 28.7. The monoisotopic (exact) mass is 316 g/mol. The summed E-state index contributed by atoms with van der Waals surface area (Å²) >= 11 is 0. The molecule has 3 fully saturated rings. The molecule has 3 rings (SSSR count). The molecule has 0 aromatic carbocycles. The summed E-state index contributed by atoms with van der Waals surface area (Å²) in [6.45, 7) is 0. The lowest BCUT2D eigenvalue weighted by Crippen LogP contribution is -2.70. The number of amides is 2. The lowest BCUT2D eigenvalue weighted by Gasteiger charge is -2.51. The van der Waals surface area contributed by atoms with E-state index >= 15 is 0 Å². The molecule has 124 valence electrons. The second-order valence-electron chi connectivity index (χ2n) is 6.94. The fourth-order valence-electron chi connectivity index (χ4n) is 3.95. The van der Waals surface area contributed by atoms with Crippen LogP contribution < -0.4 is 10.6 Å². The minimum atomic E-state index is -3.80. The SMILES string of the molecule is O=C1CCC(NC(=O)C(F)(F)C2(O)CCCC2)C2(CCC2)N1. The molecule has 1 saturated heterocycles. The number of alkyl halides is 2. The van der Waals surface area contributed by atoms with Crippen molar-refractivity contribution in [3.8, 4) is 0 Å². The zero-order valence-corrected chi connectivity index (χ0v) is 12.5. The van der Waals surface area contributed by atoms with Crippen molar-refractivity contribution in [1.29, 1.82) is 0 Å². The van der Waals surface area contributed by atoms with Gasteiger partial charge in [0.25, 0.3) is 5.91 Å². The number of carbonyl (C=O) groups is 2. The molecule has 0 radical (unpaired) electrons.